The molecule has 7 heteroatoms. The fourth-order valence-corrected chi connectivity index (χ4v) is 2.82. The van der Waals surface area contributed by atoms with E-state index in [0.717, 1.165) is 16.3 Å². The SMILES string of the molecule is CCOC(=O)Nc1cccc(OCc2nc(-c3cccs3)oc2C)c1. The Morgan fingerprint density at radius 2 is 2.20 bits per heavy atom. The largest absolute Gasteiger partial charge is 0.487 e. The van der Waals surface area contributed by atoms with Gasteiger partial charge in [-0.2, -0.15) is 0 Å². The summed E-state index contributed by atoms with van der Waals surface area (Å²) in [5, 5.41) is 4.62. The van der Waals surface area contributed by atoms with Gasteiger partial charge < -0.3 is 13.9 Å². The highest BCUT2D eigenvalue weighted by atomic mass is 32.1. The first-order chi connectivity index (χ1) is 12.2. The molecule has 0 aliphatic heterocycles. The Morgan fingerprint density at radius 1 is 1.32 bits per heavy atom. The van der Waals surface area contributed by atoms with E-state index in [2.05, 4.69) is 10.3 Å². The highest BCUT2D eigenvalue weighted by Crippen LogP contribution is 2.26. The summed E-state index contributed by atoms with van der Waals surface area (Å²) < 4.78 is 16.3. The van der Waals surface area contributed by atoms with Crippen LogP contribution in [0.15, 0.2) is 46.2 Å². The van der Waals surface area contributed by atoms with Crippen molar-refractivity contribution in [3.63, 3.8) is 0 Å². The molecule has 3 aromatic rings. The molecule has 1 aromatic carbocycles. The van der Waals surface area contributed by atoms with Crippen LogP contribution in [-0.4, -0.2) is 17.7 Å². The molecule has 2 heterocycles. The summed E-state index contributed by atoms with van der Waals surface area (Å²) >= 11 is 1.57. The second-order valence-corrected chi connectivity index (χ2v) is 6.11. The number of carbonyl (C=O) groups is 1. The van der Waals surface area contributed by atoms with Crippen LogP contribution in [0.1, 0.15) is 18.4 Å². The Kier molecular flexibility index (Phi) is 5.35. The third-order valence-corrected chi connectivity index (χ3v) is 4.21. The van der Waals surface area contributed by atoms with Gasteiger partial charge in [-0.1, -0.05) is 12.1 Å². The van der Waals surface area contributed by atoms with Gasteiger partial charge in [0.2, 0.25) is 5.89 Å². The molecule has 0 fully saturated rings. The number of thiophene rings is 1. The Bertz CT molecular complexity index is 843. The first-order valence-electron chi connectivity index (χ1n) is 7.82. The predicted molar refractivity (Wildman–Crippen MR) is 96.0 cm³/mol. The minimum Gasteiger partial charge on any atom is -0.487 e. The number of hydrogen-bond acceptors (Lipinski definition) is 6. The van der Waals surface area contributed by atoms with Crippen LogP contribution in [-0.2, 0) is 11.3 Å². The molecular formula is C18H18N2O4S. The maximum absolute atomic E-state index is 11.5. The van der Waals surface area contributed by atoms with E-state index in [1.54, 1.807) is 36.5 Å². The number of carbonyl (C=O) groups excluding carboxylic acids is 1. The molecule has 0 saturated carbocycles. The minimum atomic E-state index is -0.493. The van der Waals surface area contributed by atoms with E-state index in [0.29, 0.717) is 23.9 Å². The van der Waals surface area contributed by atoms with E-state index < -0.39 is 6.09 Å². The molecular weight excluding hydrogens is 340 g/mol. The number of rotatable bonds is 6. The van der Waals surface area contributed by atoms with Gasteiger partial charge >= 0.3 is 6.09 Å². The van der Waals surface area contributed by atoms with Gasteiger partial charge in [-0.25, -0.2) is 9.78 Å². The summed E-state index contributed by atoms with van der Waals surface area (Å²) in [4.78, 5) is 16.9. The number of nitrogens with zero attached hydrogens (tertiary/aromatic N) is 1. The Labute approximate surface area is 149 Å². The maximum Gasteiger partial charge on any atom is 0.411 e. The van der Waals surface area contributed by atoms with E-state index in [9.17, 15) is 4.79 Å². The summed E-state index contributed by atoms with van der Waals surface area (Å²) in [6.07, 6.45) is -0.493. The van der Waals surface area contributed by atoms with Gasteiger partial charge in [0.1, 0.15) is 23.8 Å². The highest BCUT2D eigenvalue weighted by molar-refractivity contribution is 7.13. The lowest BCUT2D eigenvalue weighted by Crippen LogP contribution is -2.13. The van der Waals surface area contributed by atoms with Crippen molar-refractivity contribution in [2.24, 2.45) is 0 Å². The zero-order valence-electron chi connectivity index (χ0n) is 13.9. The fourth-order valence-electron chi connectivity index (χ4n) is 2.17. The van der Waals surface area contributed by atoms with Crippen LogP contribution in [0.25, 0.3) is 10.8 Å². The molecule has 0 aliphatic carbocycles. The molecule has 6 nitrogen and oxygen atoms in total. The van der Waals surface area contributed by atoms with Crippen LogP contribution in [0.5, 0.6) is 5.75 Å². The van der Waals surface area contributed by atoms with Crippen LogP contribution in [0.2, 0.25) is 0 Å². The van der Waals surface area contributed by atoms with Crippen molar-refractivity contribution in [3.05, 3.63) is 53.2 Å². The van der Waals surface area contributed by atoms with Gasteiger partial charge in [-0.15, -0.1) is 11.3 Å². The van der Waals surface area contributed by atoms with Gasteiger partial charge in [0.25, 0.3) is 0 Å². The molecule has 0 bridgehead atoms. The zero-order chi connectivity index (χ0) is 17.6. The van der Waals surface area contributed by atoms with E-state index in [1.807, 2.05) is 30.5 Å². The van der Waals surface area contributed by atoms with E-state index in [4.69, 9.17) is 13.9 Å². The zero-order valence-corrected chi connectivity index (χ0v) is 14.8. The maximum atomic E-state index is 11.5. The first-order valence-corrected chi connectivity index (χ1v) is 8.70. The normalized spacial score (nSPS) is 10.5. The summed E-state index contributed by atoms with van der Waals surface area (Å²) in [5.74, 6) is 1.95. The molecule has 2 aromatic heterocycles. The number of aryl methyl sites for hydroxylation is 1. The Hall–Kier alpha value is -2.80. The summed E-state index contributed by atoms with van der Waals surface area (Å²) in [6, 6.07) is 11.0. The van der Waals surface area contributed by atoms with E-state index in [-0.39, 0.29) is 6.61 Å². The molecule has 1 N–H and O–H groups in total. The number of benzene rings is 1. The molecule has 3 rings (SSSR count). The van der Waals surface area contributed by atoms with Crippen LogP contribution in [0.3, 0.4) is 0 Å². The van der Waals surface area contributed by atoms with E-state index >= 15 is 0 Å². The van der Waals surface area contributed by atoms with Crippen molar-refractivity contribution in [1.29, 1.82) is 0 Å². The van der Waals surface area contributed by atoms with Crippen LogP contribution < -0.4 is 10.1 Å². The number of ether oxygens (including phenoxy) is 2. The van der Waals surface area contributed by atoms with Crippen molar-refractivity contribution in [3.8, 4) is 16.5 Å². The molecule has 0 radical (unpaired) electrons. The number of hydrogen-bond donors (Lipinski definition) is 1. The molecule has 0 aliphatic rings. The lowest BCUT2D eigenvalue weighted by atomic mass is 10.3. The fraction of sp³-hybridized carbons (Fsp3) is 0.222. The second-order valence-electron chi connectivity index (χ2n) is 5.16. The van der Waals surface area contributed by atoms with Gasteiger partial charge in [-0.05, 0) is 37.4 Å². The van der Waals surface area contributed by atoms with Crippen molar-refractivity contribution in [1.82, 2.24) is 4.98 Å². The van der Waals surface area contributed by atoms with Gasteiger partial charge in [0.05, 0.1) is 11.5 Å². The third-order valence-electron chi connectivity index (χ3n) is 3.36. The lowest BCUT2D eigenvalue weighted by molar-refractivity contribution is 0.168. The molecule has 25 heavy (non-hydrogen) atoms. The summed E-state index contributed by atoms with van der Waals surface area (Å²) in [7, 11) is 0. The van der Waals surface area contributed by atoms with Gasteiger partial charge in [-0.3, -0.25) is 5.32 Å². The standard InChI is InChI=1S/C18H18N2O4S/c1-3-22-18(21)19-13-6-4-7-14(10-13)23-11-15-12(2)24-17(20-15)16-8-5-9-25-16/h4-10H,3,11H2,1-2H3,(H,19,21). The molecule has 130 valence electrons. The monoisotopic (exact) mass is 358 g/mol. The van der Waals surface area contributed by atoms with Crippen LogP contribution in [0.4, 0.5) is 10.5 Å². The quantitative estimate of drug-likeness (QED) is 0.681. The van der Waals surface area contributed by atoms with Crippen molar-refractivity contribution in [2.45, 2.75) is 20.5 Å². The number of oxazole rings is 1. The van der Waals surface area contributed by atoms with Crippen molar-refractivity contribution >= 4 is 23.1 Å². The first kappa shape index (κ1) is 17.0. The third kappa shape index (κ3) is 4.39. The van der Waals surface area contributed by atoms with E-state index in [1.165, 1.54) is 0 Å². The highest BCUT2D eigenvalue weighted by Gasteiger charge is 2.13. The summed E-state index contributed by atoms with van der Waals surface area (Å²) in [6.45, 7) is 4.22. The lowest BCUT2D eigenvalue weighted by Gasteiger charge is -2.08. The average Bonchev–Trinajstić information content (AvgIpc) is 3.23. The molecule has 1 amide bonds. The second kappa shape index (κ2) is 7.85. The van der Waals surface area contributed by atoms with Crippen molar-refractivity contribution < 1.29 is 18.7 Å². The number of aromatic nitrogens is 1. The molecule has 0 spiro atoms. The smallest absolute Gasteiger partial charge is 0.411 e. The van der Waals surface area contributed by atoms with Crippen LogP contribution in [0, 0.1) is 6.92 Å². The van der Waals surface area contributed by atoms with Crippen molar-refractivity contribution in [2.75, 3.05) is 11.9 Å². The number of anilines is 1. The molecule has 0 saturated heterocycles. The molecule has 0 atom stereocenters. The Balaban J connectivity index is 1.65. The molecule has 0 unspecified atom stereocenters. The Morgan fingerprint density at radius 3 is 2.96 bits per heavy atom. The number of nitrogens with one attached hydrogen (secondary N) is 1. The predicted octanol–water partition coefficient (Wildman–Crippen LogP) is 4.86. The van der Waals surface area contributed by atoms with Gasteiger partial charge in [0, 0.05) is 11.8 Å². The van der Waals surface area contributed by atoms with Gasteiger partial charge in [0.15, 0.2) is 0 Å². The van der Waals surface area contributed by atoms with Crippen LogP contribution >= 0.6 is 11.3 Å². The minimum absolute atomic E-state index is 0.281. The number of amides is 1. The topological polar surface area (TPSA) is 73.6 Å². The average molecular weight is 358 g/mol. The summed E-state index contributed by atoms with van der Waals surface area (Å²) in [5.41, 5.74) is 1.35.